The average Bonchev–Trinajstić information content (AvgIpc) is 3.18. The highest BCUT2D eigenvalue weighted by molar-refractivity contribution is 6.04. The molecule has 11 heteroatoms. The molecule has 1 atom stereocenters. The molecule has 2 amide bonds. The molecule has 34 heavy (non-hydrogen) atoms. The van der Waals surface area contributed by atoms with Crippen molar-refractivity contribution >= 4 is 41.1 Å². The predicted molar refractivity (Wildman–Crippen MR) is 128 cm³/mol. The summed E-state index contributed by atoms with van der Waals surface area (Å²) in [5, 5.41) is 14.8. The molecule has 3 aromatic rings. The summed E-state index contributed by atoms with van der Waals surface area (Å²) in [6.07, 6.45) is -0.619. The lowest BCUT2D eigenvalue weighted by atomic mass is 10.0. The number of nitrogens with two attached hydrogens (primary N) is 1. The Hall–Kier alpha value is -4.41. The number of Topliss-reactive ketones (excluding diaryl/α,β-unsaturated/α-hetero) is 1. The number of benzene rings is 2. The highest BCUT2D eigenvalue weighted by atomic mass is 16.6. The zero-order chi connectivity index (χ0) is 24.7. The molecule has 3 rings (SSSR count). The van der Waals surface area contributed by atoms with Gasteiger partial charge in [-0.25, -0.2) is 9.89 Å². The van der Waals surface area contributed by atoms with Gasteiger partial charge < -0.3 is 26.4 Å². The number of carbonyl (C=O) groups excluding carboxylic acids is 3. The van der Waals surface area contributed by atoms with Crippen molar-refractivity contribution in [1.82, 2.24) is 20.5 Å². The Balaban J connectivity index is 1.60. The summed E-state index contributed by atoms with van der Waals surface area (Å²) in [6, 6.07) is 13.2. The summed E-state index contributed by atoms with van der Waals surface area (Å²) >= 11 is 0. The van der Waals surface area contributed by atoms with E-state index in [-0.39, 0.29) is 23.7 Å². The summed E-state index contributed by atoms with van der Waals surface area (Å²) in [5.41, 5.74) is 7.97. The van der Waals surface area contributed by atoms with Gasteiger partial charge in [0.25, 0.3) is 5.91 Å². The van der Waals surface area contributed by atoms with Crippen LogP contribution in [-0.2, 0) is 16.0 Å². The fourth-order valence-electron chi connectivity index (χ4n) is 3.05. The molecule has 0 saturated carbocycles. The van der Waals surface area contributed by atoms with Crippen molar-refractivity contribution in [3.8, 4) is 0 Å². The minimum absolute atomic E-state index is 0.181. The quantitative estimate of drug-likeness (QED) is 0.322. The first-order valence-corrected chi connectivity index (χ1v) is 10.6. The minimum atomic E-state index is -0.707. The van der Waals surface area contributed by atoms with E-state index in [0.717, 1.165) is 5.56 Å². The number of H-pyrrole nitrogens is 1. The van der Waals surface area contributed by atoms with Gasteiger partial charge in [-0.2, -0.15) is 4.98 Å². The maximum atomic E-state index is 12.7. The Morgan fingerprint density at radius 3 is 2.44 bits per heavy atom. The third-order valence-corrected chi connectivity index (χ3v) is 4.66. The number of aromatic amines is 1. The van der Waals surface area contributed by atoms with Crippen molar-refractivity contribution in [3.05, 3.63) is 59.7 Å². The van der Waals surface area contributed by atoms with E-state index in [0.29, 0.717) is 29.3 Å². The Morgan fingerprint density at radius 2 is 1.82 bits per heavy atom. The van der Waals surface area contributed by atoms with Gasteiger partial charge in [-0.15, -0.1) is 5.10 Å². The van der Waals surface area contributed by atoms with E-state index in [2.05, 4.69) is 31.1 Å². The topological polar surface area (TPSA) is 164 Å². The van der Waals surface area contributed by atoms with Crippen LogP contribution in [0.2, 0.25) is 0 Å². The zero-order valence-electron chi connectivity index (χ0n) is 19.1. The van der Waals surface area contributed by atoms with E-state index in [1.807, 2.05) is 0 Å². The number of nitrogens with zero attached hydrogens (tertiary/aromatic N) is 2. The van der Waals surface area contributed by atoms with Crippen molar-refractivity contribution in [2.24, 2.45) is 0 Å². The molecule has 178 valence electrons. The van der Waals surface area contributed by atoms with Gasteiger partial charge in [0, 0.05) is 16.9 Å². The van der Waals surface area contributed by atoms with Crippen LogP contribution in [0.1, 0.15) is 36.7 Å². The monoisotopic (exact) mass is 465 g/mol. The number of hydrogen-bond donors (Lipinski definition) is 5. The van der Waals surface area contributed by atoms with Crippen molar-refractivity contribution in [3.63, 3.8) is 0 Å². The number of anilines is 4. The lowest BCUT2D eigenvalue weighted by Crippen LogP contribution is -2.42. The number of aromatic nitrogens is 3. The van der Waals surface area contributed by atoms with Gasteiger partial charge in [0.1, 0.15) is 0 Å². The Bertz CT molecular complexity index is 1160. The number of hydrogen-bond acceptors (Lipinski definition) is 8. The number of rotatable bonds is 9. The fourth-order valence-corrected chi connectivity index (χ4v) is 3.05. The van der Waals surface area contributed by atoms with Crippen LogP contribution < -0.4 is 21.7 Å². The first kappa shape index (κ1) is 24.2. The highest BCUT2D eigenvalue weighted by Gasteiger charge is 2.19. The van der Waals surface area contributed by atoms with Crippen molar-refractivity contribution in [2.75, 3.05) is 16.4 Å². The van der Waals surface area contributed by atoms with E-state index in [1.54, 1.807) is 62.4 Å². The van der Waals surface area contributed by atoms with Gasteiger partial charge >= 0.3 is 6.09 Å². The number of carbonyl (C=O) groups is 3. The Labute approximate surface area is 196 Å². The Kier molecular flexibility index (Phi) is 7.80. The summed E-state index contributed by atoms with van der Waals surface area (Å²) in [4.78, 5) is 40.4. The number of nitrogens with one attached hydrogen (secondary N) is 4. The first-order valence-electron chi connectivity index (χ1n) is 10.6. The summed E-state index contributed by atoms with van der Waals surface area (Å²) < 4.78 is 5.05. The predicted octanol–water partition coefficient (Wildman–Crippen LogP) is 3.02. The van der Waals surface area contributed by atoms with E-state index < -0.39 is 12.1 Å². The molecule has 0 aliphatic carbocycles. The zero-order valence-corrected chi connectivity index (χ0v) is 19.1. The molecule has 0 aliphatic heterocycles. The number of nitrogen functional groups attached to an aromatic ring is 1. The van der Waals surface area contributed by atoms with E-state index in [9.17, 15) is 14.4 Å². The molecular weight excluding hydrogens is 438 g/mol. The third-order valence-electron chi connectivity index (χ3n) is 4.66. The average molecular weight is 466 g/mol. The maximum Gasteiger partial charge on any atom is 0.407 e. The van der Waals surface area contributed by atoms with E-state index in [1.165, 1.54) is 6.92 Å². The summed E-state index contributed by atoms with van der Waals surface area (Å²) in [7, 11) is 0. The van der Waals surface area contributed by atoms with Crippen LogP contribution in [0.3, 0.4) is 0 Å². The lowest BCUT2D eigenvalue weighted by molar-refractivity contribution is -0.118. The lowest BCUT2D eigenvalue weighted by Gasteiger charge is -2.17. The molecule has 1 heterocycles. The van der Waals surface area contributed by atoms with Crippen LogP contribution in [0.25, 0.3) is 0 Å². The van der Waals surface area contributed by atoms with Gasteiger partial charge in [0.15, 0.2) is 5.78 Å². The molecule has 0 bridgehead atoms. The summed E-state index contributed by atoms with van der Waals surface area (Å²) in [5.74, 6) is -0.00729. The van der Waals surface area contributed by atoms with Crippen LogP contribution in [0, 0.1) is 0 Å². The van der Waals surface area contributed by atoms with Gasteiger partial charge in [-0.05, 0) is 63.1 Å². The maximum absolute atomic E-state index is 12.7. The molecule has 0 saturated heterocycles. The molecule has 2 aromatic carbocycles. The normalized spacial score (nSPS) is 11.5. The number of amides is 2. The van der Waals surface area contributed by atoms with Crippen molar-refractivity contribution in [1.29, 1.82) is 0 Å². The number of ether oxygens (including phenoxy) is 1. The van der Waals surface area contributed by atoms with Crippen LogP contribution >= 0.6 is 0 Å². The first-order chi connectivity index (χ1) is 16.2. The van der Waals surface area contributed by atoms with Crippen LogP contribution in [0.4, 0.5) is 28.1 Å². The van der Waals surface area contributed by atoms with Crippen LogP contribution in [-0.4, -0.2) is 45.1 Å². The number of alkyl carbamates (subject to hydrolysis) is 1. The molecule has 0 radical (unpaired) electrons. The second-order valence-electron chi connectivity index (χ2n) is 7.87. The largest absolute Gasteiger partial charge is 0.447 e. The summed E-state index contributed by atoms with van der Waals surface area (Å²) in [6.45, 7) is 4.87. The molecule has 1 unspecified atom stereocenters. The van der Waals surface area contributed by atoms with Crippen molar-refractivity contribution in [2.45, 2.75) is 39.3 Å². The Morgan fingerprint density at radius 1 is 1.09 bits per heavy atom. The molecule has 0 aliphatic rings. The van der Waals surface area contributed by atoms with E-state index >= 15 is 0 Å². The molecule has 0 fully saturated rings. The molecular formula is C23H27N7O4. The van der Waals surface area contributed by atoms with Gasteiger partial charge in [-0.1, -0.05) is 18.2 Å². The second-order valence-corrected chi connectivity index (χ2v) is 7.87. The molecule has 6 N–H and O–H groups in total. The number of ketones is 1. The van der Waals surface area contributed by atoms with Crippen LogP contribution in [0.15, 0.2) is 48.5 Å². The second kappa shape index (κ2) is 10.9. The van der Waals surface area contributed by atoms with Gasteiger partial charge in [0.05, 0.1) is 12.1 Å². The van der Waals surface area contributed by atoms with Crippen molar-refractivity contribution < 1.29 is 19.1 Å². The third kappa shape index (κ3) is 7.05. The SMILES string of the molecule is CC(=O)C(Cc1ccc(NC(=O)c2cccc(Nc3n[nH]c(N)n3)c2)cc1)NC(=O)OC(C)C. The molecule has 0 spiro atoms. The molecule has 1 aromatic heterocycles. The van der Waals surface area contributed by atoms with E-state index in [4.69, 9.17) is 10.5 Å². The van der Waals surface area contributed by atoms with Gasteiger partial charge in [0.2, 0.25) is 11.9 Å². The van der Waals surface area contributed by atoms with Gasteiger partial charge in [-0.3, -0.25) is 9.59 Å². The molecule has 11 nitrogen and oxygen atoms in total. The highest BCUT2D eigenvalue weighted by Crippen LogP contribution is 2.17. The standard InChI is InChI=1S/C23H27N7O4/c1-13(2)34-23(33)27-19(14(3)31)11-15-7-9-17(10-8-15)25-20(32)16-5-4-6-18(12-16)26-22-28-21(24)29-30-22/h4-10,12-13,19H,11H2,1-3H3,(H,25,32)(H,27,33)(H4,24,26,28,29,30). The fraction of sp³-hybridized carbons (Fsp3) is 0.261. The smallest absolute Gasteiger partial charge is 0.407 e. The minimum Gasteiger partial charge on any atom is -0.447 e. The van der Waals surface area contributed by atoms with Crippen LogP contribution in [0.5, 0.6) is 0 Å².